The predicted molar refractivity (Wildman–Crippen MR) is 87.9 cm³/mol. The monoisotopic (exact) mass is 389 g/mol. The third-order valence-corrected chi connectivity index (χ3v) is 7.24. The zero-order valence-electron chi connectivity index (χ0n) is 11.6. The summed E-state index contributed by atoms with van der Waals surface area (Å²) < 4.78 is 35.5. The van der Waals surface area contributed by atoms with E-state index in [0.717, 1.165) is 24.2 Å². The molecule has 2 aliphatic rings. The van der Waals surface area contributed by atoms with Gasteiger partial charge >= 0.3 is 0 Å². The zero-order chi connectivity index (χ0) is 15.0. The molecular formula is C13H16BrN3O2S2. The lowest BCUT2D eigenvalue weighted by atomic mass is 9.96. The molecule has 1 aromatic rings. The lowest BCUT2D eigenvalue weighted by Gasteiger charge is -2.32. The van der Waals surface area contributed by atoms with Crippen molar-refractivity contribution in [3.63, 3.8) is 0 Å². The van der Waals surface area contributed by atoms with Crippen LogP contribution in [-0.2, 0) is 21.4 Å². The highest BCUT2D eigenvalue weighted by atomic mass is 79.9. The van der Waals surface area contributed by atoms with E-state index in [-0.39, 0.29) is 4.90 Å². The minimum atomic E-state index is -3.49. The molecule has 2 heterocycles. The summed E-state index contributed by atoms with van der Waals surface area (Å²) in [6.07, 6.45) is 1.77. The van der Waals surface area contributed by atoms with Gasteiger partial charge in [0.15, 0.2) is 0 Å². The van der Waals surface area contributed by atoms with Gasteiger partial charge in [-0.1, -0.05) is 28.9 Å². The second kappa shape index (κ2) is 5.91. The van der Waals surface area contributed by atoms with Crippen LogP contribution in [0, 0.1) is 5.92 Å². The molecule has 1 saturated heterocycles. The van der Waals surface area contributed by atoms with Crippen LogP contribution in [0.2, 0.25) is 0 Å². The molecule has 1 atom stereocenters. The van der Waals surface area contributed by atoms with Gasteiger partial charge in [0.2, 0.25) is 10.0 Å². The summed E-state index contributed by atoms with van der Waals surface area (Å²) in [6.45, 7) is 3.25. The van der Waals surface area contributed by atoms with Crippen LogP contribution in [0.4, 0.5) is 11.4 Å². The Kier molecular flexibility index (Phi) is 4.31. The number of fused-ring (bicyclic) bond motifs is 1. The highest BCUT2D eigenvalue weighted by Gasteiger charge is 2.33. The summed E-state index contributed by atoms with van der Waals surface area (Å²) in [5.41, 5.74) is 1.13. The second-order valence-corrected chi connectivity index (χ2v) is 9.19. The van der Waals surface area contributed by atoms with E-state index in [9.17, 15) is 8.42 Å². The lowest BCUT2D eigenvalue weighted by molar-refractivity contribution is 0.275. The van der Waals surface area contributed by atoms with Gasteiger partial charge in [-0.25, -0.2) is 8.42 Å². The van der Waals surface area contributed by atoms with Crippen molar-refractivity contribution in [2.45, 2.75) is 29.5 Å². The molecule has 0 spiro atoms. The molecule has 114 valence electrons. The number of sulfonamides is 1. The van der Waals surface area contributed by atoms with Gasteiger partial charge in [-0.3, -0.25) is 0 Å². The second-order valence-electron chi connectivity index (χ2n) is 5.31. The fourth-order valence-corrected chi connectivity index (χ4v) is 5.45. The fraction of sp³-hybridized carbons (Fsp3) is 0.538. The van der Waals surface area contributed by atoms with Gasteiger partial charge in [0.05, 0.1) is 11.4 Å². The van der Waals surface area contributed by atoms with Crippen LogP contribution in [0.5, 0.6) is 0 Å². The summed E-state index contributed by atoms with van der Waals surface area (Å²) in [6, 6.07) is 5.14. The van der Waals surface area contributed by atoms with Gasteiger partial charge in [0.25, 0.3) is 0 Å². The van der Waals surface area contributed by atoms with E-state index in [0.29, 0.717) is 35.2 Å². The van der Waals surface area contributed by atoms with Crippen LogP contribution in [0.1, 0.15) is 19.8 Å². The first-order valence-electron chi connectivity index (χ1n) is 6.85. The largest absolute Gasteiger partial charge is 0.245 e. The van der Waals surface area contributed by atoms with Gasteiger partial charge in [-0.15, -0.1) is 0 Å². The standard InChI is InChI=1S/C13H16BrN3O2S2/c1-9(14)10-5-7-17(8-6-10)21(18,19)12-4-2-3-11-13(12)16-20-15-11/h2-4,9-10H,5-8H2,1H3. The molecule has 0 saturated carbocycles. The molecule has 0 bridgehead atoms. The summed E-state index contributed by atoms with van der Waals surface area (Å²) in [5, 5.41) is 0. The molecule has 2 aliphatic heterocycles. The molecule has 1 fully saturated rings. The van der Waals surface area contributed by atoms with Crippen LogP contribution in [-0.4, -0.2) is 30.6 Å². The number of hydrogen-bond donors (Lipinski definition) is 0. The molecule has 5 nitrogen and oxygen atoms in total. The van der Waals surface area contributed by atoms with Crippen molar-refractivity contribution < 1.29 is 8.42 Å². The summed E-state index contributed by atoms with van der Waals surface area (Å²) in [7, 11) is -3.49. The van der Waals surface area contributed by atoms with Crippen LogP contribution >= 0.6 is 15.9 Å². The first-order chi connectivity index (χ1) is 10.00. The Balaban J connectivity index is 1.86. The molecule has 0 aliphatic carbocycles. The van der Waals surface area contributed by atoms with Crippen LogP contribution in [0.3, 0.4) is 0 Å². The van der Waals surface area contributed by atoms with Gasteiger partial charge in [-0.05, 0) is 30.9 Å². The highest BCUT2D eigenvalue weighted by Crippen LogP contribution is 2.39. The number of rotatable bonds is 3. The summed E-state index contributed by atoms with van der Waals surface area (Å²) in [4.78, 5) is 0.701. The molecular weight excluding hydrogens is 374 g/mol. The first-order valence-corrected chi connectivity index (χ1v) is 9.94. The quantitative estimate of drug-likeness (QED) is 0.752. The summed E-state index contributed by atoms with van der Waals surface area (Å²) in [5.74, 6) is 0.535. The van der Waals surface area contributed by atoms with Crippen molar-refractivity contribution in [3.8, 4) is 0 Å². The fourth-order valence-electron chi connectivity index (χ4n) is 2.70. The van der Waals surface area contributed by atoms with Crippen molar-refractivity contribution in [2.75, 3.05) is 13.1 Å². The van der Waals surface area contributed by atoms with E-state index >= 15 is 0 Å². The minimum Gasteiger partial charge on any atom is -0.207 e. The molecule has 21 heavy (non-hydrogen) atoms. The van der Waals surface area contributed by atoms with Gasteiger partial charge < -0.3 is 0 Å². The highest BCUT2D eigenvalue weighted by molar-refractivity contribution is 9.09. The Labute approximate surface area is 136 Å². The Morgan fingerprint density at radius 3 is 2.71 bits per heavy atom. The minimum absolute atomic E-state index is 0.277. The number of alkyl halides is 1. The van der Waals surface area contributed by atoms with Crippen molar-refractivity contribution in [3.05, 3.63) is 18.2 Å². The third kappa shape index (κ3) is 2.86. The topological polar surface area (TPSA) is 62.1 Å². The molecule has 1 aromatic carbocycles. The van der Waals surface area contributed by atoms with Crippen LogP contribution in [0.15, 0.2) is 31.8 Å². The zero-order valence-corrected chi connectivity index (χ0v) is 14.8. The predicted octanol–water partition coefficient (Wildman–Crippen LogP) is 3.60. The SMILES string of the molecule is CC(Br)C1CCN(S(=O)(=O)c2cccc3c2N=S=N3)CC1. The molecule has 1 unspecified atom stereocenters. The van der Waals surface area contributed by atoms with E-state index in [1.165, 1.54) is 0 Å². The van der Waals surface area contributed by atoms with Crippen molar-refractivity contribution in [1.82, 2.24) is 4.31 Å². The average molecular weight is 390 g/mol. The number of hydrogen-bond acceptors (Lipinski definition) is 4. The van der Waals surface area contributed by atoms with Crippen molar-refractivity contribution >= 4 is 48.7 Å². The Bertz CT molecular complexity index is 719. The maximum atomic E-state index is 12.8. The number of nitrogens with zero attached hydrogens (tertiary/aromatic N) is 3. The van der Waals surface area contributed by atoms with E-state index < -0.39 is 10.0 Å². The van der Waals surface area contributed by atoms with Gasteiger partial charge in [0, 0.05) is 17.9 Å². The average Bonchev–Trinajstić information content (AvgIpc) is 2.95. The normalized spacial score (nSPS) is 21.0. The number of benzene rings is 1. The number of halogens is 1. The Morgan fingerprint density at radius 2 is 2.05 bits per heavy atom. The summed E-state index contributed by atoms with van der Waals surface area (Å²) >= 11 is 4.64. The maximum absolute atomic E-state index is 12.8. The van der Waals surface area contributed by atoms with Crippen LogP contribution in [0.25, 0.3) is 0 Å². The molecule has 0 N–H and O–H groups in total. The molecule has 0 radical (unpaired) electrons. The maximum Gasteiger partial charge on any atom is 0.245 e. The van der Waals surface area contributed by atoms with Crippen molar-refractivity contribution in [1.29, 1.82) is 0 Å². The first kappa shape index (κ1) is 15.3. The number of piperidine rings is 1. The molecule has 3 rings (SSSR count). The van der Waals surface area contributed by atoms with Crippen molar-refractivity contribution in [2.24, 2.45) is 14.6 Å². The van der Waals surface area contributed by atoms with E-state index in [1.807, 2.05) is 0 Å². The van der Waals surface area contributed by atoms with E-state index in [2.05, 4.69) is 31.6 Å². The van der Waals surface area contributed by atoms with E-state index in [1.54, 1.807) is 22.5 Å². The van der Waals surface area contributed by atoms with E-state index in [4.69, 9.17) is 0 Å². The van der Waals surface area contributed by atoms with Crippen LogP contribution < -0.4 is 0 Å². The Morgan fingerprint density at radius 1 is 1.33 bits per heavy atom. The Hall–Kier alpha value is -0.570. The molecule has 0 amide bonds. The molecule has 8 heteroatoms. The smallest absolute Gasteiger partial charge is 0.207 e. The molecule has 0 aromatic heterocycles. The van der Waals surface area contributed by atoms with Gasteiger partial charge in [-0.2, -0.15) is 13.0 Å². The van der Waals surface area contributed by atoms with Gasteiger partial charge in [0.1, 0.15) is 16.3 Å². The third-order valence-electron chi connectivity index (χ3n) is 4.01. The lowest BCUT2D eigenvalue weighted by Crippen LogP contribution is -2.39.